The van der Waals surface area contributed by atoms with E-state index in [1.807, 2.05) is 31.2 Å². The van der Waals surface area contributed by atoms with Gasteiger partial charge < -0.3 is 10.2 Å². The molecule has 0 saturated heterocycles. The van der Waals surface area contributed by atoms with Gasteiger partial charge in [-0.25, -0.2) is 23.1 Å². The Bertz CT molecular complexity index is 1500. The standard InChI is InChI=1S/C24H21N5O5S/c1-17-5-2-6-18(15-17)16-34-29-14-3-7-21(23(29)31)22(30)27-19-8-10-20(11-9-19)35(32,33)28-24-25-12-4-13-26-24/h2-15H,16H2,1H3,(H,27,30)(H,25,26,28). The molecule has 0 fully saturated rings. The van der Waals surface area contributed by atoms with Gasteiger partial charge in [-0.3, -0.25) is 9.59 Å². The van der Waals surface area contributed by atoms with Crippen LogP contribution in [-0.2, 0) is 16.6 Å². The second kappa shape index (κ2) is 10.2. The average molecular weight is 492 g/mol. The first-order chi connectivity index (χ1) is 16.8. The summed E-state index contributed by atoms with van der Waals surface area (Å²) in [5.41, 5.74) is 1.50. The van der Waals surface area contributed by atoms with Crippen LogP contribution in [0.1, 0.15) is 21.5 Å². The molecule has 10 nitrogen and oxygen atoms in total. The smallest absolute Gasteiger partial charge is 0.295 e. The zero-order valence-electron chi connectivity index (χ0n) is 18.6. The summed E-state index contributed by atoms with van der Waals surface area (Å²) in [5.74, 6) is -0.718. The van der Waals surface area contributed by atoms with E-state index in [2.05, 4.69) is 20.0 Å². The molecule has 1 amide bonds. The minimum Gasteiger partial charge on any atom is -0.406 e. The molecule has 0 aliphatic rings. The minimum absolute atomic E-state index is 0.0467. The number of carbonyl (C=O) groups excluding carboxylic acids is 1. The molecule has 0 unspecified atom stereocenters. The van der Waals surface area contributed by atoms with E-state index in [1.54, 1.807) is 6.07 Å². The van der Waals surface area contributed by atoms with E-state index in [1.165, 1.54) is 55.0 Å². The number of anilines is 2. The van der Waals surface area contributed by atoms with Crippen LogP contribution >= 0.6 is 0 Å². The number of nitrogens with zero attached hydrogens (tertiary/aromatic N) is 3. The Balaban J connectivity index is 1.44. The molecule has 35 heavy (non-hydrogen) atoms. The molecule has 0 saturated carbocycles. The SMILES string of the molecule is Cc1cccc(COn2cccc(C(=O)Nc3ccc(S(=O)(=O)Nc4ncccn4)cc3)c2=O)c1. The van der Waals surface area contributed by atoms with Crippen LogP contribution in [0.2, 0.25) is 0 Å². The van der Waals surface area contributed by atoms with Crippen LogP contribution in [0.25, 0.3) is 0 Å². The van der Waals surface area contributed by atoms with Gasteiger partial charge in [0.15, 0.2) is 0 Å². The van der Waals surface area contributed by atoms with Gasteiger partial charge in [-0.15, -0.1) is 0 Å². The molecule has 0 spiro atoms. The quantitative estimate of drug-likeness (QED) is 0.387. The van der Waals surface area contributed by atoms with Crippen molar-refractivity contribution in [3.8, 4) is 0 Å². The fourth-order valence-corrected chi connectivity index (χ4v) is 4.10. The molecule has 178 valence electrons. The molecular formula is C24H21N5O5S. The highest BCUT2D eigenvalue weighted by Crippen LogP contribution is 2.17. The van der Waals surface area contributed by atoms with Crippen molar-refractivity contribution in [3.05, 3.63) is 112 Å². The van der Waals surface area contributed by atoms with Crippen LogP contribution in [0.4, 0.5) is 11.6 Å². The molecule has 2 aromatic heterocycles. The van der Waals surface area contributed by atoms with E-state index in [-0.39, 0.29) is 23.0 Å². The Labute approximate surface area is 201 Å². The fraction of sp³-hybridized carbons (Fsp3) is 0.0833. The molecule has 0 aliphatic carbocycles. The first-order valence-electron chi connectivity index (χ1n) is 10.4. The van der Waals surface area contributed by atoms with Crippen molar-refractivity contribution in [1.29, 1.82) is 0 Å². The third-order valence-electron chi connectivity index (χ3n) is 4.83. The highest BCUT2D eigenvalue weighted by Gasteiger charge is 2.17. The van der Waals surface area contributed by atoms with Crippen molar-refractivity contribution in [2.24, 2.45) is 0 Å². The van der Waals surface area contributed by atoms with Gasteiger partial charge in [-0.05, 0) is 55.0 Å². The van der Waals surface area contributed by atoms with Gasteiger partial charge in [0.05, 0.1) is 4.90 Å². The summed E-state index contributed by atoms with van der Waals surface area (Å²) in [6.07, 6.45) is 4.25. The average Bonchev–Trinajstić information content (AvgIpc) is 2.84. The monoisotopic (exact) mass is 491 g/mol. The maximum absolute atomic E-state index is 12.7. The summed E-state index contributed by atoms with van der Waals surface area (Å²) in [4.78, 5) is 38.6. The number of benzene rings is 2. The van der Waals surface area contributed by atoms with E-state index >= 15 is 0 Å². The summed E-state index contributed by atoms with van der Waals surface area (Å²) >= 11 is 0. The number of aryl methyl sites for hydroxylation is 1. The zero-order chi connectivity index (χ0) is 24.8. The van der Waals surface area contributed by atoms with Crippen LogP contribution in [0.5, 0.6) is 0 Å². The second-order valence-electron chi connectivity index (χ2n) is 7.47. The molecule has 2 N–H and O–H groups in total. The third kappa shape index (κ3) is 5.89. The van der Waals surface area contributed by atoms with Crippen molar-refractivity contribution in [1.82, 2.24) is 14.7 Å². The van der Waals surface area contributed by atoms with Crippen LogP contribution in [0.15, 0.2) is 95.0 Å². The van der Waals surface area contributed by atoms with E-state index in [9.17, 15) is 18.0 Å². The van der Waals surface area contributed by atoms with Crippen molar-refractivity contribution in [3.63, 3.8) is 0 Å². The van der Waals surface area contributed by atoms with Gasteiger partial charge in [0, 0.05) is 24.3 Å². The lowest BCUT2D eigenvalue weighted by Gasteiger charge is -2.11. The molecule has 0 aliphatic heterocycles. The van der Waals surface area contributed by atoms with Gasteiger partial charge in [0.2, 0.25) is 5.95 Å². The molecule has 4 aromatic rings. The molecule has 0 atom stereocenters. The predicted molar refractivity (Wildman–Crippen MR) is 129 cm³/mol. The Morgan fingerprint density at radius 1 is 1.00 bits per heavy atom. The Hall–Kier alpha value is -4.51. The number of amides is 1. The lowest BCUT2D eigenvalue weighted by Crippen LogP contribution is -2.32. The maximum Gasteiger partial charge on any atom is 0.295 e. The van der Waals surface area contributed by atoms with Gasteiger partial charge in [-0.2, -0.15) is 4.73 Å². The Morgan fingerprint density at radius 3 is 2.46 bits per heavy atom. The normalized spacial score (nSPS) is 11.0. The minimum atomic E-state index is -3.91. The van der Waals surface area contributed by atoms with Crippen LogP contribution in [-0.4, -0.2) is 29.0 Å². The zero-order valence-corrected chi connectivity index (χ0v) is 19.4. The number of hydrogen-bond donors (Lipinski definition) is 2. The largest absolute Gasteiger partial charge is 0.406 e. The summed E-state index contributed by atoms with van der Waals surface area (Å²) in [6.45, 7) is 2.11. The predicted octanol–water partition coefficient (Wildman–Crippen LogP) is 2.63. The van der Waals surface area contributed by atoms with Crippen molar-refractivity contribution in [2.45, 2.75) is 18.4 Å². The number of nitrogens with one attached hydrogen (secondary N) is 2. The van der Waals surface area contributed by atoms with E-state index in [0.717, 1.165) is 15.9 Å². The Kier molecular flexibility index (Phi) is 6.88. The van der Waals surface area contributed by atoms with Gasteiger partial charge in [0.25, 0.3) is 21.5 Å². The molecule has 2 heterocycles. The van der Waals surface area contributed by atoms with Gasteiger partial charge in [-0.1, -0.05) is 29.8 Å². The number of rotatable bonds is 8. The van der Waals surface area contributed by atoms with E-state index in [0.29, 0.717) is 5.69 Å². The third-order valence-corrected chi connectivity index (χ3v) is 6.17. The van der Waals surface area contributed by atoms with Gasteiger partial charge >= 0.3 is 0 Å². The summed E-state index contributed by atoms with van der Waals surface area (Å²) < 4.78 is 28.2. The van der Waals surface area contributed by atoms with E-state index < -0.39 is 21.5 Å². The first-order valence-corrected chi connectivity index (χ1v) is 11.9. The molecule has 11 heteroatoms. The Morgan fingerprint density at radius 2 is 1.74 bits per heavy atom. The molecule has 0 bridgehead atoms. The molecule has 4 rings (SSSR count). The van der Waals surface area contributed by atoms with E-state index in [4.69, 9.17) is 4.84 Å². The number of aromatic nitrogens is 3. The number of sulfonamides is 1. The topological polar surface area (TPSA) is 132 Å². The van der Waals surface area contributed by atoms with Crippen molar-refractivity contribution in [2.75, 3.05) is 10.0 Å². The lowest BCUT2D eigenvalue weighted by atomic mass is 10.1. The van der Waals surface area contributed by atoms with Crippen molar-refractivity contribution >= 4 is 27.6 Å². The van der Waals surface area contributed by atoms with Crippen LogP contribution in [0.3, 0.4) is 0 Å². The van der Waals surface area contributed by atoms with Crippen LogP contribution in [0, 0.1) is 6.92 Å². The number of hydrogen-bond acceptors (Lipinski definition) is 7. The highest BCUT2D eigenvalue weighted by molar-refractivity contribution is 7.92. The van der Waals surface area contributed by atoms with Crippen LogP contribution < -0.4 is 20.4 Å². The fourth-order valence-electron chi connectivity index (χ4n) is 3.14. The highest BCUT2D eigenvalue weighted by atomic mass is 32.2. The lowest BCUT2D eigenvalue weighted by molar-refractivity contribution is 0.0863. The number of pyridine rings is 1. The van der Waals surface area contributed by atoms with Gasteiger partial charge in [0.1, 0.15) is 12.2 Å². The summed E-state index contributed by atoms with van der Waals surface area (Å²) in [6, 6.07) is 17.6. The molecule has 2 aromatic carbocycles. The maximum atomic E-state index is 12.7. The van der Waals surface area contributed by atoms with Crippen molar-refractivity contribution < 1.29 is 18.0 Å². The first kappa shape index (κ1) is 23.6. The molecule has 0 radical (unpaired) electrons. The summed E-state index contributed by atoms with van der Waals surface area (Å²) in [5, 5.41) is 2.59. The summed E-state index contributed by atoms with van der Waals surface area (Å²) in [7, 11) is -3.91. The molecular weight excluding hydrogens is 470 g/mol. The second-order valence-corrected chi connectivity index (χ2v) is 9.15. The number of carbonyl (C=O) groups is 1.